The Morgan fingerprint density at radius 1 is 0.490 bits per heavy atom. The zero-order valence-electron chi connectivity index (χ0n) is 34.5. The summed E-state index contributed by atoms with van der Waals surface area (Å²) >= 11 is 0. The average Bonchev–Trinajstić information content (AvgIpc) is 3.12. The Kier molecular flexibility index (Phi) is 39.2. The van der Waals surface area contributed by atoms with Gasteiger partial charge < -0.3 is 20.3 Å². The van der Waals surface area contributed by atoms with Crippen LogP contribution in [0.3, 0.4) is 0 Å². The van der Waals surface area contributed by atoms with Crippen molar-refractivity contribution in [2.75, 3.05) is 6.61 Å². The summed E-state index contributed by atoms with van der Waals surface area (Å²) in [6, 6.07) is -0.689. The van der Waals surface area contributed by atoms with Crippen LogP contribution in [-0.2, 0) is 14.3 Å². The van der Waals surface area contributed by atoms with Crippen molar-refractivity contribution in [2.24, 2.45) is 0 Å². The predicted molar refractivity (Wildman–Crippen MR) is 218 cm³/mol. The van der Waals surface area contributed by atoms with Crippen molar-refractivity contribution in [3.05, 3.63) is 0 Å². The molecule has 6 heteroatoms. The highest BCUT2D eigenvalue weighted by atomic mass is 16.5. The zero-order chi connectivity index (χ0) is 37.5. The van der Waals surface area contributed by atoms with Crippen LogP contribution < -0.4 is 5.32 Å². The predicted octanol–water partition coefficient (Wildman–Crippen LogP) is 12.8. The van der Waals surface area contributed by atoms with Crippen LogP contribution in [-0.4, -0.2) is 46.9 Å². The van der Waals surface area contributed by atoms with Crippen molar-refractivity contribution in [2.45, 2.75) is 270 Å². The summed E-state index contributed by atoms with van der Waals surface area (Å²) in [5, 5.41) is 23.6. The lowest BCUT2D eigenvalue weighted by molar-refractivity contribution is -0.151. The molecule has 0 spiro atoms. The Morgan fingerprint density at radius 3 is 1.20 bits per heavy atom. The molecule has 6 nitrogen and oxygen atoms in total. The number of carbonyl (C=O) groups is 2. The minimum atomic E-state index is -0.777. The average molecular weight is 724 g/mol. The number of carbonyl (C=O) groups excluding carboxylic acids is 2. The van der Waals surface area contributed by atoms with Gasteiger partial charge >= 0.3 is 5.97 Å². The zero-order valence-corrected chi connectivity index (χ0v) is 34.5. The maximum atomic E-state index is 13.1. The molecule has 0 aromatic carbocycles. The number of unbranched alkanes of at least 4 members (excludes halogenated alkanes) is 29. The molecule has 304 valence electrons. The van der Waals surface area contributed by atoms with Gasteiger partial charge in [0.05, 0.1) is 25.2 Å². The van der Waals surface area contributed by atoms with Crippen LogP contribution in [0.1, 0.15) is 252 Å². The molecule has 0 aromatic heterocycles. The number of aliphatic hydroxyl groups is 2. The van der Waals surface area contributed by atoms with E-state index in [2.05, 4.69) is 26.1 Å². The van der Waals surface area contributed by atoms with E-state index < -0.39 is 18.2 Å². The van der Waals surface area contributed by atoms with Crippen molar-refractivity contribution >= 4 is 11.9 Å². The van der Waals surface area contributed by atoms with E-state index in [0.29, 0.717) is 19.3 Å². The van der Waals surface area contributed by atoms with Gasteiger partial charge in [-0.3, -0.25) is 9.59 Å². The first-order valence-corrected chi connectivity index (χ1v) is 22.8. The van der Waals surface area contributed by atoms with E-state index >= 15 is 0 Å². The third-order valence-corrected chi connectivity index (χ3v) is 10.7. The number of esters is 1. The fourth-order valence-electron chi connectivity index (χ4n) is 7.20. The Hall–Kier alpha value is -1.14. The second-order valence-corrected chi connectivity index (χ2v) is 15.8. The molecule has 51 heavy (non-hydrogen) atoms. The van der Waals surface area contributed by atoms with E-state index in [-0.39, 0.29) is 24.9 Å². The summed E-state index contributed by atoms with van der Waals surface area (Å²) in [4.78, 5) is 25.8. The van der Waals surface area contributed by atoms with Gasteiger partial charge in [0.2, 0.25) is 5.91 Å². The number of aliphatic hydroxyl groups excluding tert-OH is 2. The fraction of sp³-hybridized carbons (Fsp3) is 0.956. The van der Waals surface area contributed by atoms with Crippen LogP contribution in [0.5, 0.6) is 0 Å². The maximum Gasteiger partial charge on any atom is 0.306 e. The first-order chi connectivity index (χ1) is 25.0. The standard InChI is InChI=1S/C45H89NO5/c1-4-7-10-13-16-19-20-21-22-23-26-28-31-34-37-43(48)42(40-47)46-44(49)39-41(36-33-30-27-24-17-14-11-8-5-2)51-45(50)38-35-32-29-25-18-15-12-9-6-3/h41-43,47-48H,4-40H2,1-3H3,(H,46,49). The normalized spacial score (nSPS) is 13.3. The smallest absolute Gasteiger partial charge is 0.306 e. The van der Waals surface area contributed by atoms with Crippen LogP contribution in [0.25, 0.3) is 0 Å². The second-order valence-electron chi connectivity index (χ2n) is 15.8. The van der Waals surface area contributed by atoms with E-state index in [1.54, 1.807) is 0 Å². The van der Waals surface area contributed by atoms with Crippen LogP contribution in [0, 0.1) is 0 Å². The summed E-state index contributed by atoms with van der Waals surface area (Å²) in [6.07, 6.45) is 40.2. The topological polar surface area (TPSA) is 95.9 Å². The van der Waals surface area contributed by atoms with E-state index in [0.717, 1.165) is 44.9 Å². The lowest BCUT2D eigenvalue weighted by Gasteiger charge is -2.24. The van der Waals surface area contributed by atoms with Crippen LogP contribution in [0.2, 0.25) is 0 Å². The van der Waals surface area contributed by atoms with Crippen molar-refractivity contribution in [1.82, 2.24) is 5.32 Å². The molecule has 3 N–H and O–H groups in total. The highest BCUT2D eigenvalue weighted by molar-refractivity contribution is 5.77. The van der Waals surface area contributed by atoms with E-state index in [1.165, 1.54) is 161 Å². The molecule has 0 radical (unpaired) electrons. The summed E-state index contributed by atoms with van der Waals surface area (Å²) in [7, 11) is 0. The number of ether oxygens (including phenoxy) is 1. The molecule has 0 saturated heterocycles. The number of rotatable bonds is 41. The van der Waals surface area contributed by atoms with Gasteiger partial charge in [0.1, 0.15) is 6.10 Å². The third-order valence-electron chi connectivity index (χ3n) is 10.7. The maximum absolute atomic E-state index is 13.1. The molecule has 1 amide bonds. The highest BCUT2D eigenvalue weighted by Crippen LogP contribution is 2.18. The van der Waals surface area contributed by atoms with Gasteiger partial charge in [-0.15, -0.1) is 0 Å². The number of hydrogen-bond donors (Lipinski definition) is 3. The Bertz CT molecular complexity index is 731. The second kappa shape index (κ2) is 40.1. The molecule has 0 fully saturated rings. The van der Waals surface area contributed by atoms with Gasteiger partial charge in [-0.25, -0.2) is 0 Å². The molecule has 0 bridgehead atoms. The fourth-order valence-corrected chi connectivity index (χ4v) is 7.20. The number of amides is 1. The molecule has 0 heterocycles. The molecule has 0 saturated carbocycles. The molecular weight excluding hydrogens is 634 g/mol. The summed E-state index contributed by atoms with van der Waals surface area (Å²) in [6.45, 7) is 6.45. The molecule has 0 aliphatic rings. The minimum Gasteiger partial charge on any atom is -0.462 e. The first kappa shape index (κ1) is 49.9. The summed E-state index contributed by atoms with van der Waals surface area (Å²) in [5.74, 6) is -0.464. The quantitative estimate of drug-likeness (QED) is 0.0431. The molecular formula is C45H89NO5. The monoisotopic (exact) mass is 724 g/mol. The van der Waals surface area contributed by atoms with Crippen LogP contribution in [0.4, 0.5) is 0 Å². The van der Waals surface area contributed by atoms with Gasteiger partial charge in [-0.2, -0.15) is 0 Å². The molecule has 3 atom stereocenters. The van der Waals surface area contributed by atoms with Crippen molar-refractivity contribution in [3.8, 4) is 0 Å². The van der Waals surface area contributed by atoms with Crippen molar-refractivity contribution < 1.29 is 24.5 Å². The SMILES string of the molecule is CCCCCCCCCCCCCCCCC(O)C(CO)NC(=O)CC(CCCCCCCCCCC)OC(=O)CCCCCCCCCCC. The van der Waals surface area contributed by atoms with Gasteiger partial charge in [0.25, 0.3) is 0 Å². The van der Waals surface area contributed by atoms with E-state index in [4.69, 9.17) is 4.74 Å². The molecule has 0 aliphatic heterocycles. The van der Waals surface area contributed by atoms with Gasteiger partial charge in [-0.1, -0.05) is 213 Å². The lowest BCUT2D eigenvalue weighted by atomic mass is 10.0. The Morgan fingerprint density at radius 2 is 0.824 bits per heavy atom. The van der Waals surface area contributed by atoms with Crippen LogP contribution in [0.15, 0.2) is 0 Å². The molecule has 3 unspecified atom stereocenters. The van der Waals surface area contributed by atoms with E-state index in [1.807, 2.05) is 0 Å². The molecule has 0 rings (SSSR count). The van der Waals surface area contributed by atoms with Crippen molar-refractivity contribution in [1.29, 1.82) is 0 Å². The number of hydrogen-bond acceptors (Lipinski definition) is 5. The largest absolute Gasteiger partial charge is 0.462 e. The third kappa shape index (κ3) is 35.6. The van der Waals surface area contributed by atoms with Gasteiger partial charge in [-0.05, 0) is 25.7 Å². The lowest BCUT2D eigenvalue weighted by Crippen LogP contribution is -2.46. The number of nitrogens with one attached hydrogen (secondary N) is 1. The van der Waals surface area contributed by atoms with Crippen LogP contribution >= 0.6 is 0 Å². The van der Waals surface area contributed by atoms with Gasteiger partial charge in [0.15, 0.2) is 0 Å². The summed E-state index contributed by atoms with van der Waals surface area (Å²) < 4.78 is 5.87. The first-order valence-electron chi connectivity index (χ1n) is 22.8. The van der Waals surface area contributed by atoms with Crippen molar-refractivity contribution in [3.63, 3.8) is 0 Å². The van der Waals surface area contributed by atoms with Gasteiger partial charge in [0, 0.05) is 6.42 Å². The molecule has 0 aliphatic carbocycles. The Labute approximate surface area is 317 Å². The highest BCUT2D eigenvalue weighted by Gasteiger charge is 2.24. The Balaban J connectivity index is 4.44. The minimum absolute atomic E-state index is 0.0859. The van der Waals surface area contributed by atoms with E-state index in [9.17, 15) is 19.8 Å². The summed E-state index contributed by atoms with van der Waals surface area (Å²) in [5.41, 5.74) is 0. The molecule has 0 aromatic rings.